The summed E-state index contributed by atoms with van der Waals surface area (Å²) in [6.45, 7) is 0. The second kappa shape index (κ2) is 7.61. The summed E-state index contributed by atoms with van der Waals surface area (Å²) >= 11 is 0. The first-order valence-corrected chi connectivity index (χ1v) is 8.01. The number of nitrogens with one attached hydrogen (secondary N) is 1. The number of para-hydroxylation sites is 1. The molecule has 8 heteroatoms. The summed E-state index contributed by atoms with van der Waals surface area (Å²) in [5.41, 5.74) is 6.72. The molecule has 3 N–H and O–H groups in total. The molecular formula is C19H18N4O4. The normalized spacial score (nSPS) is 10.3. The molecule has 0 saturated heterocycles. The highest BCUT2D eigenvalue weighted by molar-refractivity contribution is 6.06. The minimum atomic E-state index is -0.612. The van der Waals surface area contributed by atoms with Crippen molar-refractivity contribution in [1.82, 2.24) is 9.78 Å². The predicted molar refractivity (Wildman–Crippen MR) is 99.6 cm³/mol. The molecule has 0 atom stereocenters. The van der Waals surface area contributed by atoms with E-state index in [4.69, 9.17) is 15.2 Å². The van der Waals surface area contributed by atoms with Crippen molar-refractivity contribution in [1.29, 1.82) is 0 Å². The summed E-state index contributed by atoms with van der Waals surface area (Å²) in [7, 11) is 2.91. The van der Waals surface area contributed by atoms with Crippen molar-refractivity contribution in [3.8, 4) is 17.2 Å². The number of ether oxygens (including phenoxy) is 2. The first-order valence-electron chi connectivity index (χ1n) is 8.01. The summed E-state index contributed by atoms with van der Waals surface area (Å²) < 4.78 is 12.0. The van der Waals surface area contributed by atoms with E-state index < -0.39 is 11.8 Å². The van der Waals surface area contributed by atoms with Crippen molar-refractivity contribution >= 4 is 17.5 Å². The molecule has 0 fully saturated rings. The fourth-order valence-corrected chi connectivity index (χ4v) is 2.52. The lowest BCUT2D eigenvalue weighted by Crippen LogP contribution is -2.16. The summed E-state index contributed by atoms with van der Waals surface area (Å²) in [5, 5.41) is 6.99. The Morgan fingerprint density at radius 2 is 1.74 bits per heavy atom. The first-order chi connectivity index (χ1) is 13.0. The number of amides is 2. The van der Waals surface area contributed by atoms with Gasteiger partial charge in [0.1, 0.15) is 5.75 Å². The SMILES string of the molecule is COc1ccc(C(N)=O)cc1NC(=O)c1nn(-c2ccccc2)cc1OC. The standard InChI is InChI=1S/C19H18N4O4/c1-26-15-9-8-12(18(20)24)10-14(15)21-19(25)17-16(27-2)11-23(22-17)13-6-4-3-5-7-13/h3-11H,1-2H3,(H2,20,24)(H,21,25). The highest BCUT2D eigenvalue weighted by Gasteiger charge is 2.20. The number of methoxy groups -OCH3 is 2. The van der Waals surface area contributed by atoms with Crippen LogP contribution in [-0.4, -0.2) is 35.8 Å². The third kappa shape index (κ3) is 3.74. The maximum Gasteiger partial charge on any atom is 0.280 e. The van der Waals surface area contributed by atoms with Crippen molar-refractivity contribution in [2.24, 2.45) is 5.73 Å². The molecule has 0 aliphatic rings. The van der Waals surface area contributed by atoms with E-state index in [1.165, 1.54) is 26.4 Å². The van der Waals surface area contributed by atoms with E-state index in [1.807, 2.05) is 30.3 Å². The maximum atomic E-state index is 12.7. The molecule has 3 aromatic rings. The Balaban J connectivity index is 1.94. The van der Waals surface area contributed by atoms with Gasteiger partial charge in [-0.15, -0.1) is 0 Å². The van der Waals surface area contributed by atoms with Crippen LogP contribution in [0.3, 0.4) is 0 Å². The smallest absolute Gasteiger partial charge is 0.280 e. The van der Waals surface area contributed by atoms with E-state index in [2.05, 4.69) is 10.4 Å². The van der Waals surface area contributed by atoms with Crippen LogP contribution in [0.1, 0.15) is 20.8 Å². The second-order valence-corrected chi connectivity index (χ2v) is 5.56. The van der Waals surface area contributed by atoms with Gasteiger partial charge in [-0.05, 0) is 30.3 Å². The lowest BCUT2D eigenvalue weighted by Gasteiger charge is -2.11. The summed E-state index contributed by atoms with van der Waals surface area (Å²) in [6, 6.07) is 13.8. The van der Waals surface area contributed by atoms with E-state index in [0.29, 0.717) is 17.2 Å². The van der Waals surface area contributed by atoms with Gasteiger partial charge in [-0.1, -0.05) is 18.2 Å². The van der Waals surface area contributed by atoms with E-state index >= 15 is 0 Å². The van der Waals surface area contributed by atoms with Gasteiger partial charge < -0.3 is 20.5 Å². The van der Waals surface area contributed by atoms with Crippen LogP contribution in [-0.2, 0) is 0 Å². The summed E-state index contributed by atoms with van der Waals surface area (Å²) in [4.78, 5) is 24.2. The van der Waals surface area contributed by atoms with Crippen LogP contribution in [0.5, 0.6) is 11.5 Å². The van der Waals surface area contributed by atoms with Gasteiger partial charge in [-0.25, -0.2) is 4.68 Å². The number of benzene rings is 2. The Morgan fingerprint density at radius 1 is 1.04 bits per heavy atom. The Hall–Kier alpha value is -3.81. The highest BCUT2D eigenvalue weighted by Crippen LogP contribution is 2.27. The van der Waals surface area contributed by atoms with Crippen molar-refractivity contribution in [2.45, 2.75) is 0 Å². The number of carbonyl (C=O) groups is 2. The minimum absolute atomic E-state index is 0.0906. The van der Waals surface area contributed by atoms with Crippen molar-refractivity contribution in [3.05, 3.63) is 66.0 Å². The molecule has 0 saturated carbocycles. The van der Waals surface area contributed by atoms with Crippen LogP contribution >= 0.6 is 0 Å². The number of carbonyl (C=O) groups excluding carboxylic acids is 2. The number of rotatable bonds is 6. The van der Waals surface area contributed by atoms with Gasteiger partial charge in [-0.2, -0.15) is 5.10 Å². The molecule has 8 nitrogen and oxygen atoms in total. The molecule has 27 heavy (non-hydrogen) atoms. The van der Waals surface area contributed by atoms with Gasteiger partial charge in [0.05, 0.1) is 31.8 Å². The van der Waals surface area contributed by atoms with Gasteiger partial charge >= 0.3 is 0 Å². The van der Waals surface area contributed by atoms with E-state index in [1.54, 1.807) is 16.9 Å². The lowest BCUT2D eigenvalue weighted by molar-refractivity contribution is 0.0994. The molecule has 0 radical (unpaired) electrons. The van der Waals surface area contributed by atoms with E-state index in [0.717, 1.165) is 5.69 Å². The first kappa shape index (κ1) is 18.0. The Bertz CT molecular complexity index is 983. The third-order valence-electron chi connectivity index (χ3n) is 3.87. The quantitative estimate of drug-likeness (QED) is 0.695. The number of hydrogen-bond acceptors (Lipinski definition) is 5. The van der Waals surface area contributed by atoms with E-state index in [9.17, 15) is 9.59 Å². The molecule has 0 unspecified atom stereocenters. The molecule has 138 valence electrons. The zero-order valence-electron chi connectivity index (χ0n) is 14.8. The van der Waals surface area contributed by atoms with Gasteiger partial charge in [0, 0.05) is 5.56 Å². The van der Waals surface area contributed by atoms with Crippen LogP contribution in [0, 0.1) is 0 Å². The average molecular weight is 366 g/mol. The van der Waals surface area contributed by atoms with Crippen LogP contribution in [0.4, 0.5) is 5.69 Å². The van der Waals surface area contributed by atoms with Crippen LogP contribution in [0.25, 0.3) is 5.69 Å². The van der Waals surface area contributed by atoms with Gasteiger partial charge in [-0.3, -0.25) is 9.59 Å². The van der Waals surface area contributed by atoms with Crippen molar-refractivity contribution < 1.29 is 19.1 Å². The number of anilines is 1. The summed E-state index contributed by atoms with van der Waals surface area (Å²) in [6.07, 6.45) is 1.61. The van der Waals surface area contributed by atoms with Crippen LogP contribution in [0.2, 0.25) is 0 Å². The number of hydrogen-bond donors (Lipinski definition) is 2. The largest absolute Gasteiger partial charge is 0.495 e. The topological polar surface area (TPSA) is 108 Å². The lowest BCUT2D eigenvalue weighted by atomic mass is 10.1. The monoisotopic (exact) mass is 366 g/mol. The number of primary amides is 1. The number of nitrogens with zero attached hydrogens (tertiary/aromatic N) is 2. The minimum Gasteiger partial charge on any atom is -0.495 e. The maximum absolute atomic E-state index is 12.7. The van der Waals surface area contributed by atoms with Gasteiger partial charge in [0.25, 0.3) is 5.91 Å². The average Bonchev–Trinajstić information content (AvgIpc) is 3.13. The molecule has 0 aliphatic carbocycles. The Morgan fingerprint density at radius 3 is 2.37 bits per heavy atom. The van der Waals surface area contributed by atoms with Crippen molar-refractivity contribution in [2.75, 3.05) is 19.5 Å². The molecule has 1 aromatic heterocycles. The van der Waals surface area contributed by atoms with Gasteiger partial charge in [0.2, 0.25) is 5.91 Å². The zero-order chi connectivity index (χ0) is 19.4. The fraction of sp³-hybridized carbons (Fsp3) is 0.105. The molecule has 2 amide bonds. The molecule has 2 aromatic carbocycles. The van der Waals surface area contributed by atoms with Crippen LogP contribution < -0.4 is 20.5 Å². The number of nitrogens with two attached hydrogens (primary N) is 1. The zero-order valence-corrected chi connectivity index (χ0v) is 14.8. The van der Waals surface area contributed by atoms with Crippen LogP contribution in [0.15, 0.2) is 54.7 Å². The third-order valence-corrected chi connectivity index (χ3v) is 3.87. The fourth-order valence-electron chi connectivity index (χ4n) is 2.52. The molecule has 3 rings (SSSR count). The van der Waals surface area contributed by atoms with Gasteiger partial charge in [0.15, 0.2) is 11.4 Å². The predicted octanol–water partition coefficient (Wildman–Crippen LogP) is 2.24. The molecule has 0 bridgehead atoms. The molecular weight excluding hydrogens is 348 g/mol. The van der Waals surface area contributed by atoms with E-state index in [-0.39, 0.29) is 11.3 Å². The van der Waals surface area contributed by atoms with Crippen molar-refractivity contribution in [3.63, 3.8) is 0 Å². The highest BCUT2D eigenvalue weighted by atomic mass is 16.5. The molecule has 0 spiro atoms. The molecule has 0 aliphatic heterocycles. The Kier molecular flexibility index (Phi) is 5.07. The molecule has 1 heterocycles. The number of aromatic nitrogens is 2. The second-order valence-electron chi connectivity index (χ2n) is 5.56. The summed E-state index contributed by atoms with van der Waals surface area (Å²) in [5.74, 6) is -0.434. The Labute approximate surface area is 155 Å².